The number of hydrogen-bond donors (Lipinski definition) is 2. The molecule has 0 radical (unpaired) electrons. The number of halogens is 3. The van der Waals surface area contributed by atoms with Crippen molar-refractivity contribution in [2.24, 2.45) is 0 Å². The van der Waals surface area contributed by atoms with Gasteiger partial charge in [-0.05, 0) is 12.1 Å². The number of aromatic nitrogens is 2. The number of rotatable bonds is 3. The standard InChI is InChI=1S/C9H11ClF2N4/c10-7-1-2-8(16-15-7)13-4-6-3-9(11,12)5-14-6/h1-2,6,14H,3-5H2,(H,13,16)/t6-/m0/s1. The Balaban J connectivity index is 1.82. The average molecular weight is 249 g/mol. The van der Waals surface area contributed by atoms with Gasteiger partial charge in [0, 0.05) is 19.0 Å². The molecule has 0 aromatic carbocycles. The summed E-state index contributed by atoms with van der Waals surface area (Å²) in [6.07, 6.45) is -0.152. The number of nitrogens with one attached hydrogen (secondary N) is 2. The lowest BCUT2D eigenvalue weighted by Gasteiger charge is -2.11. The Morgan fingerprint density at radius 1 is 1.50 bits per heavy atom. The second-order valence-corrected chi connectivity index (χ2v) is 4.15. The Morgan fingerprint density at radius 2 is 2.31 bits per heavy atom. The third kappa shape index (κ3) is 2.99. The predicted molar refractivity (Wildman–Crippen MR) is 56.9 cm³/mol. The molecule has 0 spiro atoms. The topological polar surface area (TPSA) is 49.8 Å². The van der Waals surface area contributed by atoms with Crippen LogP contribution in [0.5, 0.6) is 0 Å². The van der Waals surface area contributed by atoms with Crippen LogP contribution in [-0.4, -0.2) is 35.3 Å². The fraction of sp³-hybridized carbons (Fsp3) is 0.556. The van der Waals surface area contributed by atoms with Gasteiger partial charge in [-0.15, -0.1) is 10.2 Å². The lowest BCUT2D eigenvalue weighted by atomic mass is 10.2. The second-order valence-electron chi connectivity index (χ2n) is 3.76. The number of nitrogens with zero attached hydrogens (tertiary/aromatic N) is 2. The van der Waals surface area contributed by atoms with Gasteiger partial charge in [-0.3, -0.25) is 0 Å². The summed E-state index contributed by atoms with van der Waals surface area (Å²) in [5, 5.41) is 13.4. The zero-order valence-corrected chi connectivity index (χ0v) is 9.14. The summed E-state index contributed by atoms with van der Waals surface area (Å²) in [6.45, 7) is 0.136. The Morgan fingerprint density at radius 3 is 2.88 bits per heavy atom. The predicted octanol–water partition coefficient (Wildman–Crippen LogP) is 1.54. The minimum absolute atomic E-state index is 0.152. The van der Waals surface area contributed by atoms with Crippen molar-refractivity contribution < 1.29 is 8.78 Å². The molecule has 1 saturated heterocycles. The van der Waals surface area contributed by atoms with E-state index in [0.717, 1.165) is 0 Å². The van der Waals surface area contributed by atoms with Gasteiger partial charge in [-0.1, -0.05) is 11.6 Å². The minimum atomic E-state index is -2.60. The molecule has 16 heavy (non-hydrogen) atoms. The first-order valence-electron chi connectivity index (χ1n) is 4.89. The van der Waals surface area contributed by atoms with Crippen molar-refractivity contribution >= 4 is 17.4 Å². The number of alkyl halides is 2. The van der Waals surface area contributed by atoms with E-state index in [2.05, 4.69) is 20.8 Å². The van der Waals surface area contributed by atoms with Crippen molar-refractivity contribution in [2.75, 3.05) is 18.4 Å². The van der Waals surface area contributed by atoms with Gasteiger partial charge in [0.15, 0.2) is 5.15 Å². The Bertz CT molecular complexity index is 357. The van der Waals surface area contributed by atoms with Gasteiger partial charge in [0.1, 0.15) is 5.82 Å². The van der Waals surface area contributed by atoms with Crippen molar-refractivity contribution in [1.29, 1.82) is 0 Å². The van der Waals surface area contributed by atoms with Crippen LogP contribution in [0.15, 0.2) is 12.1 Å². The average Bonchev–Trinajstić information content (AvgIpc) is 2.58. The molecule has 0 aliphatic carbocycles. The largest absolute Gasteiger partial charge is 0.367 e. The molecule has 1 aliphatic heterocycles. The van der Waals surface area contributed by atoms with Gasteiger partial charge in [0.25, 0.3) is 5.92 Å². The summed E-state index contributed by atoms with van der Waals surface area (Å²) in [5.41, 5.74) is 0. The Hall–Kier alpha value is -1.01. The highest BCUT2D eigenvalue weighted by Crippen LogP contribution is 2.25. The monoisotopic (exact) mass is 248 g/mol. The van der Waals surface area contributed by atoms with E-state index >= 15 is 0 Å². The van der Waals surface area contributed by atoms with Crippen LogP contribution in [0.1, 0.15) is 6.42 Å². The van der Waals surface area contributed by atoms with E-state index in [4.69, 9.17) is 11.6 Å². The summed E-state index contributed by atoms with van der Waals surface area (Å²) in [4.78, 5) is 0. The first-order chi connectivity index (χ1) is 7.55. The molecule has 2 rings (SSSR count). The van der Waals surface area contributed by atoms with Crippen LogP contribution in [-0.2, 0) is 0 Å². The molecule has 0 amide bonds. The smallest absolute Gasteiger partial charge is 0.261 e. The molecule has 7 heteroatoms. The van der Waals surface area contributed by atoms with E-state index in [9.17, 15) is 8.78 Å². The van der Waals surface area contributed by atoms with Crippen molar-refractivity contribution in [2.45, 2.75) is 18.4 Å². The highest BCUT2D eigenvalue weighted by molar-refractivity contribution is 6.29. The van der Waals surface area contributed by atoms with Crippen LogP contribution in [0.25, 0.3) is 0 Å². The zero-order chi connectivity index (χ0) is 11.6. The molecular weight excluding hydrogens is 238 g/mol. The van der Waals surface area contributed by atoms with E-state index < -0.39 is 5.92 Å². The van der Waals surface area contributed by atoms with Gasteiger partial charge < -0.3 is 10.6 Å². The highest BCUT2D eigenvalue weighted by atomic mass is 35.5. The summed E-state index contributed by atoms with van der Waals surface area (Å²) >= 11 is 5.56. The maximum absolute atomic E-state index is 12.8. The molecule has 2 heterocycles. The molecular formula is C9H11ClF2N4. The van der Waals surface area contributed by atoms with Crippen LogP contribution >= 0.6 is 11.6 Å². The fourth-order valence-electron chi connectivity index (χ4n) is 1.58. The summed E-state index contributed by atoms with van der Waals surface area (Å²) in [5.74, 6) is -2.07. The molecule has 1 aliphatic rings. The number of anilines is 1. The normalized spacial score (nSPS) is 23.3. The van der Waals surface area contributed by atoms with Crippen molar-refractivity contribution in [3.05, 3.63) is 17.3 Å². The van der Waals surface area contributed by atoms with Gasteiger partial charge in [-0.25, -0.2) is 8.78 Å². The summed E-state index contributed by atoms with van der Waals surface area (Å²) < 4.78 is 25.7. The van der Waals surface area contributed by atoms with E-state index in [-0.39, 0.29) is 19.0 Å². The van der Waals surface area contributed by atoms with Crippen LogP contribution in [0.2, 0.25) is 5.15 Å². The molecule has 88 valence electrons. The first-order valence-corrected chi connectivity index (χ1v) is 5.27. The van der Waals surface area contributed by atoms with Gasteiger partial charge in [0.05, 0.1) is 6.54 Å². The summed E-state index contributed by atoms with van der Waals surface area (Å²) in [7, 11) is 0. The van der Waals surface area contributed by atoms with E-state index in [1.807, 2.05) is 0 Å². The molecule has 2 N–H and O–H groups in total. The Labute approximate surface area is 96.4 Å². The molecule has 1 aromatic rings. The van der Waals surface area contributed by atoms with Gasteiger partial charge >= 0.3 is 0 Å². The Kier molecular flexibility index (Phi) is 3.20. The highest BCUT2D eigenvalue weighted by Gasteiger charge is 2.38. The van der Waals surface area contributed by atoms with Crippen LogP contribution in [0.3, 0.4) is 0 Å². The maximum Gasteiger partial charge on any atom is 0.261 e. The lowest BCUT2D eigenvalue weighted by Crippen LogP contribution is -2.29. The van der Waals surface area contributed by atoms with Crippen LogP contribution in [0.4, 0.5) is 14.6 Å². The first kappa shape index (κ1) is 11.5. The third-order valence-electron chi connectivity index (χ3n) is 2.36. The quantitative estimate of drug-likeness (QED) is 0.852. The van der Waals surface area contributed by atoms with Crippen molar-refractivity contribution in [3.63, 3.8) is 0 Å². The van der Waals surface area contributed by atoms with Crippen LogP contribution in [0, 0.1) is 0 Å². The van der Waals surface area contributed by atoms with Gasteiger partial charge in [0.2, 0.25) is 0 Å². The second kappa shape index (κ2) is 4.47. The summed E-state index contributed by atoms with van der Waals surface area (Å²) in [6, 6.07) is 3.00. The molecule has 1 fully saturated rings. The van der Waals surface area contributed by atoms with E-state index in [1.165, 1.54) is 0 Å². The third-order valence-corrected chi connectivity index (χ3v) is 2.56. The maximum atomic E-state index is 12.8. The lowest BCUT2D eigenvalue weighted by molar-refractivity contribution is 0.0214. The van der Waals surface area contributed by atoms with E-state index in [1.54, 1.807) is 12.1 Å². The van der Waals surface area contributed by atoms with Crippen molar-refractivity contribution in [1.82, 2.24) is 15.5 Å². The molecule has 1 aromatic heterocycles. The molecule has 4 nitrogen and oxygen atoms in total. The zero-order valence-electron chi connectivity index (χ0n) is 8.38. The minimum Gasteiger partial charge on any atom is -0.367 e. The molecule has 0 unspecified atom stereocenters. The van der Waals surface area contributed by atoms with E-state index in [0.29, 0.717) is 17.5 Å². The molecule has 1 atom stereocenters. The van der Waals surface area contributed by atoms with Gasteiger partial charge in [-0.2, -0.15) is 0 Å². The van der Waals surface area contributed by atoms with Crippen LogP contribution < -0.4 is 10.6 Å². The van der Waals surface area contributed by atoms with Crippen molar-refractivity contribution in [3.8, 4) is 0 Å². The number of hydrogen-bond acceptors (Lipinski definition) is 4. The fourth-order valence-corrected chi connectivity index (χ4v) is 1.68. The SMILES string of the molecule is FC1(F)CN[C@H](CNc2ccc(Cl)nn2)C1. The molecule has 0 bridgehead atoms. The molecule has 0 saturated carbocycles.